The van der Waals surface area contributed by atoms with Gasteiger partial charge in [-0.15, -0.1) is 0 Å². The van der Waals surface area contributed by atoms with Gasteiger partial charge in [-0.1, -0.05) is 28.9 Å². The third-order valence-electron chi connectivity index (χ3n) is 4.37. The van der Waals surface area contributed by atoms with E-state index in [-0.39, 0.29) is 23.9 Å². The lowest BCUT2D eigenvalue weighted by atomic mass is 10.0. The van der Waals surface area contributed by atoms with Crippen LogP contribution in [0, 0.1) is 6.92 Å². The van der Waals surface area contributed by atoms with E-state index in [9.17, 15) is 8.42 Å². The zero-order chi connectivity index (χ0) is 18.3. The van der Waals surface area contributed by atoms with Crippen molar-refractivity contribution in [1.82, 2.24) is 19.4 Å². The quantitative estimate of drug-likeness (QED) is 0.680. The highest BCUT2D eigenvalue weighted by molar-refractivity contribution is 7.89. The van der Waals surface area contributed by atoms with Crippen molar-refractivity contribution < 1.29 is 12.9 Å². The third kappa shape index (κ3) is 2.90. The van der Waals surface area contributed by atoms with Crippen LogP contribution in [0.1, 0.15) is 17.4 Å². The molecule has 0 N–H and O–H groups in total. The van der Waals surface area contributed by atoms with E-state index in [4.69, 9.17) is 16.1 Å². The molecule has 0 amide bonds. The van der Waals surface area contributed by atoms with Crippen LogP contribution in [0.3, 0.4) is 0 Å². The van der Waals surface area contributed by atoms with Crippen molar-refractivity contribution in [3.8, 4) is 11.5 Å². The Morgan fingerprint density at radius 1 is 1.19 bits per heavy atom. The molecule has 1 aliphatic rings. The van der Waals surface area contributed by atoms with E-state index in [1.165, 1.54) is 4.31 Å². The molecular formula is C17H15ClN4O3S. The Balaban J connectivity index is 1.50. The second-order valence-electron chi connectivity index (χ2n) is 6.05. The van der Waals surface area contributed by atoms with Crippen molar-refractivity contribution in [2.24, 2.45) is 0 Å². The number of nitrogens with zero attached hydrogens (tertiary/aromatic N) is 4. The normalized spacial score (nSPS) is 15.8. The molecule has 4 rings (SSSR count). The van der Waals surface area contributed by atoms with Gasteiger partial charge in [0.25, 0.3) is 0 Å². The summed E-state index contributed by atoms with van der Waals surface area (Å²) in [6, 6.07) is 10.3. The first-order valence-corrected chi connectivity index (χ1v) is 9.79. The summed E-state index contributed by atoms with van der Waals surface area (Å²) in [7, 11) is -3.59. The fraction of sp³-hybridized carbons (Fsp3) is 0.235. The van der Waals surface area contributed by atoms with Crippen LogP contribution in [0.25, 0.3) is 11.5 Å². The van der Waals surface area contributed by atoms with Crippen molar-refractivity contribution >= 4 is 21.6 Å². The van der Waals surface area contributed by atoms with Crippen molar-refractivity contribution in [3.63, 3.8) is 0 Å². The zero-order valence-electron chi connectivity index (χ0n) is 13.8. The van der Waals surface area contributed by atoms with Crippen LogP contribution < -0.4 is 0 Å². The van der Waals surface area contributed by atoms with Gasteiger partial charge in [0.15, 0.2) is 0 Å². The Morgan fingerprint density at radius 2 is 2.00 bits per heavy atom. The molecule has 0 saturated carbocycles. The summed E-state index contributed by atoms with van der Waals surface area (Å²) >= 11 is 6.05. The van der Waals surface area contributed by atoms with E-state index < -0.39 is 10.0 Å². The molecular weight excluding hydrogens is 376 g/mol. The summed E-state index contributed by atoms with van der Waals surface area (Å²) in [5.41, 5.74) is 1.16. The molecule has 9 heteroatoms. The summed E-state index contributed by atoms with van der Waals surface area (Å²) in [5, 5.41) is 4.36. The fourth-order valence-electron chi connectivity index (χ4n) is 2.80. The summed E-state index contributed by atoms with van der Waals surface area (Å²) < 4.78 is 32.2. The lowest BCUT2D eigenvalue weighted by molar-refractivity contribution is 0.216. The highest BCUT2D eigenvalue weighted by Gasteiger charge is 2.41. The summed E-state index contributed by atoms with van der Waals surface area (Å²) in [6.07, 6.45) is 1.65. The highest BCUT2D eigenvalue weighted by Crippen LogP contribution is 2.34. The van der Waals surface area contributed by atoms with Gasteiger partial charge in [-0.05, 0) is 36.8 Å². The summed E-state index contributed by atoms with van der Waals surface area (Å²) in [6.45, 7) is 2.28. The number of sulfonamides is 1. The maximum absolute atomic E-state index is 12.8. The van der Waals surface area contributed by atoms with Gasteiger partial charge in [0.05, 0.1) is 10.8 Å². The van der Waals surface area contributed by atoms with E-state index in [1.54, 1.807) is 43.5 Å². The lowest BCUT2D eigenvalue weighted by Gasteiger charge is -2.36. The van der Waals surface area contributed by atoms with E-state index >= 15 is 0 Å². The van der Waals surface area contributed by atoms with Gasteiger partial charge in [0, 0.05) is 24.3 Å². The Hall–Kier alpha value is -2.29. The molecule has 1 fully saturated rings. The van der Waals surface area contributed by atoms with Crippen LogP contribution >= 0.6 is 11.6 Å². The predicted molar refractivity (Wildman–Crippen MR) is 95.2 cm³/mol. The van der Waals surface area contributed by atoms with E-state index in [1.807, 2.05) is 6.07 Å². The average Bonchev–Trinajstić information content (AvgIpc) is 3.06. The maximum Gasteiger partial charge on any atom is 0.243 e. The molecule has 0 radical (unpaired) electrons. The monoisotopic (exact) mass is 390 g/mol. The topological polar surface area (TPSA) is 89.2 Å². The lowest BCUT2D eigenvalue weighted by Crippen LogP contribution is -2.48. The smallest absolute Gasteiger partial charge is 0.243 e. The molecule has 1 aliphatic heterocycles. The SMILES string of the molecule is Cc1c(Cl)cccc1S(=O)(=O)N1CC(c2nc(-c3ccccn3)no2)C1. The molecule has 134 valence electrons. The highest BCUT2D eigenvalue weighted by atomic mass is 35.5. The first-order valence-electron chi connectivity index (χ1n) is 7.97. The molecule has 1 aromatic carbocycles. The Bertz CT molecular complexity index is 1050. The van der Waals surface area contributed by atoms with Gasteiger partial charge in [-0.25, -0.2) is 8.42 Å². The van der Waals surface area contributed by atoms with Gasteiger partial charge in [0.1, 0.15) is 5.69 Å². The van der Waals surface area contributed by atoms with Gasteiger partial charge in [0.2, 0.25) is 21.7 Å². The molecule has 0 spiro atoms. The van der Waals surface area contributed by atoms with Crippen molar-refractivity contribution in [2.75, 3.05) is 13.1 Å². The molecule has 7 nitrogen and oxygen atoms in total. The van der Waals surface area contributed by atoms with Gasteiger partial charge in [-0.2, -0.15) is 9.29 Å². The molecule has 3 aromatic rings. The van der Waals surface area contributed by atoms with Crippen molar-refractivity contribution in [3.05, 3.63) is 59.1 Å². The van der Waals surface area contributed by atoms with Crippen LogP contribution in [-0.2, 0) is 10.0 Å². The van der Waals surface area contributed by atoms with Crippen LogP contribution in [0.15, 0.2) is 52.0 Å². The average molecular weight is 391 g/mol. The maximum atomic E-state index is 12.8. The summed E-state index contributed by atoms with van der Waals surface area (Å²) in [5.74, 6) is 0.682. The second kappa shape index (κ2) is 6.46. The molecule has 1 saturated heterocycles. The number of benzene rings is 1. The summed E-state index contributed by atoms with van der Waals surface area (Å²) in [4.78, 5) is 8.74. The molecule has 0 aliphatic carbocycles. The van der Waals surface area contributed by atoms with Crippen LogP contribution in [0.2, 0.25) is 5.02 Å². The molecule has 0 atom stereocenters. The third-order valence-corrected chi connectivity index (χ3v) is 6.75. The second-order valence-corrected chi connectivity index (χ2v) is 8.37. The van der Waals surface area contributed by atoms with E-state index in [0.29, 0.717) is 28.0 Å². The number of rotatable bonds is 4. The first kappa shape index (κ1) is 17.1. The molecule has 26 heavy (non-hydrogen) atoms. The minimum absolute atomic E-state index is 0.130. The molecule has 3 heterocycles. The van der Waals surface area contributed by atoms with Crippen LogP contribution in [-0.4, -0.2) is 40.9 Å². The van der Waals surface area contributed by atoms with E-state index in [0.717, 1.165) is 0 Å². The number of hydrogen-bond donors (Lipinski definition) is 0. The van der Waals surface area contributed by atoms with Crippen molar-refractivity contribution in [1.29, 1.82) is 0 Å². The molecule has 2 aromatic heterocycles. The van der Waals surface area contributed by atoms with E-state index in [2.05, 4.69) is 15.1 Å². The number of pyridine rings is 1. The number of halogens is 1. The predicted octanol–water partition coefficient (Wildman–Crippen LogP) is 2.88. The standard InChI is InChI=1S/C17H15ClN4O3S/c1-11-13(18)5-4-7-15(11)26(23,24)22-9-12(10-22)17-20-16(21-25-17)14-6-2-3-8-19-14/h2-8,12H,9-10H2,1H3. The number of hydrogen-bond acceptors (Lipinski definition) is 6. The Labute approximate surface area is 155 Å². The largest absolute Gasteiger partial charge is 0.339 e. The van der Waals surface area contributed by atoms with Gasteiger partial charge < -0.3 is 4.52 Å². The van der Waals surface area contributed by atoms with Gasteiger partial charge in [-0.3, -0.25) is 4.98 Å². The minimum atomic E-state index is -3.59. The Morgan fingerprint density at radius 3 is 2.73 bits per heavy atom. The Kier molecular flexibility index (Phi) is 4.26. The minimum Gasteiger partial charge on any atom is -0.339 e. The van der Waals surface area contributed by atoms with Gasteiger partial charge >= 0.3 is 0 Å². The fourth-order valence-corrected chi connectivity index (χ4v) is 4.81. The van der Waals surface area contributed by atoms with Crippen LogP contribution in [0.5, 0.6) is 0 Å². The molecule has 0 unspecified atom stereocenters. The van der Waals surface area contributed by atoms with Crippen LogP contribution in [0.4, 0.5) is 0 Å². The zero-order valence-corrected chi connectivity index (χ0v) is 15.4. The molecule has 0 bridgehead atoms. The van der Waals surface area contributed by atoms with Crippen molar-refractivity contribution in [2.45, 2.75) is 17.7 Å². The first-order chi connectivity index (χ1) is 12.5. The number of aromatic nitrogens is 3.